The van der Waals surface area contributed by atoms with Crippen LogP contribution >= 0.6 is 15.9 Å². The molecule has 0 saturated carbocycles. The van der Waals surface area contributed by atoms with Crippen molar-refractivity contribution in [1.82, 2.24) is 9.80 Å². The van der Waals surface area contributed by atoms with Crippen molar-refractivity contribution in [3.8, 4) is 0 Å². The highest BCUT2D eigenvalue weighted by Crippen LogP contribution is 2.33. The third-order valence-electron chi connectivity index (χ3n) is 5.95. The van der Waals surface area contributed by atoms with Gasteiger partial charge in [-0.1, -0.05) is 12.1 Å². The fourth-order valence-corrected chi connectivity index (χ4v) is 5.09. The van der Waals surface area contributed by atoms with Gasteiger partial charge >= 0.3 is 0 Å². The first-order chi connectivity index (χ1) is 12.6. The molecule has 4 rings (SSSR count). The van der Waals surface area contributed by atoms with Crippen molar-refractivity contribution in [2.24, 2.45) is 5.92 Å². The molecule has 1 aromatic rings. The quantitative estimate of drug-likeness (QED) is 0.753. The van der Waals surface area contributed by atoms with Crippen molar-refractivity contribution in [2.45, 2.75) is 38.1 Å². The maximum absolute atomic E-state index is 13.2. The number of carbonyl (C=O) groups excluding carboxylic acids is 2. The number of likely N-dealkylation sites (tertiary alicyclic amines) is 2. The molecule has 3 saturated heterocycles. The summed E-state index contributed by atoms with van der Waals surface area (Å²) in [6.45, 7) is 4.66. The molecule has 3 aliphatic rings. The number of para-hydroxylation sites is 1. The number of hydrogen-bond donors (Lipinski definition) is 0. The molecule has 140 valence electrons. The Morgan fingerprint density at radius 3 is 2.65 bits per heavy atom. The molecular formula is C20H26BrN3O2. The first kappa shape index (κ1) is 18.0. The van der Waals surface area contributed by atoms with Crippen molar-refractivity contribution >= 4 is 33.4 Å². The van der Waals surface area contributed by atoms with Crippen LogP contribution in [0, 0.1) is 5.92 Å². The molecule has 0 bridgehead atoms. The van der Waals surface area contributed by atoms with E-state index in [1.165, 1.54) is 12.8 Å². The van der Waals surface area contributed by atoms with Crippen LogP contribution < -0.4 is 4.90 Å². The van der Waals surface area contributed by atoms with Crippen LogP contribution in [0.5, 0.6) is 0 Å². The van der Waals surface area contributed by atoms with Crippen LogP contribution in [0.2, 0.25) is 0 Å². The Balaban J connectivity index is 1.43. The Labute approximate surface area is 163 Å². The lowest BCUT2D eigenvalue weighted by molar-refractivity contribution is -0.136. The van der Waals surface area contributed by atoms with E-state index in [4.69, 9.17) is 0 Å². The van der Waals surface area contributed by atoms with E-state index >= 15 is 0 Å². The van der Waals surface area contributed by atoms with Crippen LogP contribution in [0.4, 0.5) is 5.69 Å². The number of hydrogen-bond acceptors (Lipinski definition) is 3. The first-order valence-electron chi connectivity index (χ1n) is 9.71. The standard InChI is InChI=1S/C20H26BrN3O2/c21-17-7-1-2-8-18(17)24-13-15(12-19(24)25)20(26)23-11-5-6-16(23)14-22-9-3-4-10-22/h1-2,7-8,15-16H,3-6,9-14H2. The van der Waals surface area contributed by atoms with E-state index in [1.807, 2.05) is 24.3 Å². The first-order valence-corrected chi connectivity index (χ1v) is 10.5. The SMILES string of the molecule is O=C1CC(C(=O)N2CCCC2CN2CCCC2)CN1c1ccccc1Br. The summed E-state index contributed by atoms with van der Waals surface area (Å²) in [6.07, 6.45) is 5.06. The summed E-state index contributed by atoms with van der Waals surface area (Å²) < 4.78 is 0.898. The molecule has 0 N–H and O–H groups in total. The van der Waals surface area contributed by atoms with Gasteiger partial charge in [-0.15, -0.1) is 0 Å². The Morgan fingerprint density at radius 2 is 1.88 bits per heavy atom. The smallest absolute Gasteiger partial charge is 0.228 e. The Hall–Kier alpha value is -1.40. The summed E-state index contributed by atoms with van der Waals surface area (Å²) in [5, 5.41) is 0. The number of nitrogens with zero attached hydrogens (tertiary/aromatic N) is 3. The maximum atomic E-state index is 13.2. The minimum atomic E-state index is -0.214. The minimum absolute atomic E-state index is 0.0468. The summed E-state index contributed by atoms with van der Waals surface area (Å²) in [7, 11) is 0. The fraction of sp³-hybridized carbons (Fsp3) is 0.600. The van der Waals surface area contributed by atoms with E-state index in [0.29, 0.717) is 19.0 Å². The minimum Gasteiger partial charge on any atom is -0.338 e. The lowest BCUT2D eigenvalue weighted by Gasteiger charge is -2.30. The normalized spacial score (nSPS) is 26.9. The predicted octanol–water partition coefficient (Wildman–Crippen LogP) is 2.89. The van der Waals surface area contributed by atoms with Gasteiger partial charge in [0.15, 0.2) is 0 Å². The van der Waals surface area contributed by atoms with Crippen molar-refractivity contribution in [2.75, 3.05) is 37.6 Å². The summed E-state index contributed by atoms with van der Waals surface area (Å²) in [5.41, 5.74) is 0.864. The van der Waals surface area contributed by atoms with Gasteiger partial charge in [-0.25, -0.2) is 0 Å². The van der Waals surface area contributed by atoms with Gasteiger partial charge in [-0.05, 0) is 66.8 Å². The molecule has 2 amide bonds. The van der Waals surface area contributed by atoms with Crippen LogP contribution in [-0.4, -0.2) is 60.4 Å². The summed E-state index contributed by atoms with van der Waals surface area (Å²) in [6, 6.07) is 8.05. The van der Waals surface area contributed by atoms with Crippen LogP contribution in [0.3, 0.4) is 0 Å². The summed E-state index contributed by atoms with van der Waals surface area (Å²) >= 11 is 3.52. The summed E-state index contributed by atoms with van der Waals surface area (Å²) in [5.74, 6) is 0.00826. The number of halogens is 1. The zero-order valence-electron chi connectivity index (χ0n) is 15.1. The van der Waals surface area contributed by atoms with E-state index < -0.39 is 0 Å². The van der Waals surface area contributed by atoms with Crippen LogP contribution in [0.25, 0.3) is 0 Å². The lowest BCUT2D eigenvalue weighted by Crippen LogP contribution is -2.45. The topological polar surface area (TPSA) is 43.9 Å². The molecule has 2 atom stereocenters. The number of anilines is 1. The number of carbonyl (C=O) groups is 2. The second-order valence-corrected chi connectivity index (χ2v) is 8.55. The van der Waals surface area contributed by atoms with Crippen molar-refractivity contribution < 1.29 is 9.59 Å². The molecule has 0 spiro atoms. The third kappa shape index (κ3) is 3.54. The Kier molecular flexibility index (Phi) is 5.32. The molecule has 5 nitrogen and oxygen atoms in total. The van der Waals surface area contributed by atoms with Gasteiger partial charge in [0.2, 0.25) is 11.8 Å². The number of rotatable bonds is 4. The van der Waals surface area contributed by atoms with Gasteiger partial charge in [0.25, 0.3) is 0 Å². The van der Waals surface area contributed by atoms with Gasteiger partial charge in [0, 0.05) is 36.6 Å². The molecule has 3 heterocycles. The summed E-state index contributed by atoms with van der Waals surface area (Å²) in [4.78, 5) is 32.0. The largest absolute Gasteiger partial charge is 0.338 e. The van der Waals surface area contributed by atoms with Crippen molar-refractivity contribution in [3.05, 3.63) is 28.7 Å². The third-order valence-corrected chi connectivity index (χ3v) is 6.62. The highest BCUT2D eigenvalue weighted by atomic mass is 79.9. The van der Waals surface area contributed by atoms with E-state index in [-0.39, 0.29) is 17.7 Å². The average molecular weight is 420 g/mol. The zero-order valence-corrected chi connectivity index (χ0v) is 16.7. The van der Waals surface area contributed by atoms with Gasteiger partial charge < -0.3 is 14.7 Å². The highest BCUT2D eigenvalue weighted by molar-refractivity contribution is 9.10. The molecule has 3 fully saturated rings. The lowest BCUT2D eigenvalue weighted by atomic mass is 10.1. The van der Waals surface area contributed by atoms with Gasteiger partial charge in [0.05, 0.1) is 11.6 Å². The highest BCUT2D eigenvalue weighted by Gasteiger charge is 2.41. The molecule has 0 aliphatic carbocycles. The number of benzene rings is 1. The van der Waals surface area contributed by atoms with Crippen molar-refractivity contribution in [1.29, 1.82) is 0 Å². The number of amides is 2. The molecular weight excluding hydrogens is 394 g/mol. The Bertz CT molecular complexity index is 689. The molecule has 2 unspecified atom stereocenters. The molecule has 1 aromatic carbocycles. The van der Waals surface area contributed by atoms with E-state index in [0.717, 1.165) is 49.2 Å². The van der Waals surface area contributed by atoms with Crippen LogP contribution in [-0.2, 0) is 9.59 Å². The average Bonchev–Trinajstić information content (AvgIpc) is 3.37. The van der Waals surface area contributed by atoms with E-state index in [9.17, 15) is 9.59 Å². The molecule has 26 heavy (non-hydrogen) atoms. The Morgan fingerprint density at radius 1 is 1.12 bits per heavy atom. The maximum Gasteiger partial charge on any atom is 0.228 e. The second kappa shape index (κ2) is 7.69. The predicted molar refractivity (Wildman–Crippen MR) is 105 cm³/mol. The molecule has 3 aliphatic heterocycles. The van der Waals surface area contributed by atoms with Gasteiger partial charge in [-0.3, -0.25) is 9.59 Å². The van der Waals surface area contributed by atoms with Crippen LogP contribution in [0.1, 0.15) is 32.1 Å². The van der Waals surface area contributed by atoms with Gasteiger partial charge in [-0.2, -0.15) is 0 Å². The van der Waals surface area contributed by atoms with E-state index in [2.05, 4.69) is 25.7 Å². The fourth-order valence-electron chi connectivity index (χ4n) is 4.59. The molecule has 0 radical (unpaired) electrons. The van der Waals surface area contributed by atoms with Crippen LogP contribution in [0.15, 0.2) is 28.7 Å². The monoisotopic (exact) mass is 419 g/mol. The molecule has 6 heteroatoms. The van der Waals surface area contributed by atoms with Gasteiger partial charge in [0.1, 0.15) is 0 Å². The zero-order chi connectivity index (χ0) is 18.1. The van der Waals surface area contributed by atoms with E-state index in [1.54, 1.807) is 4.90 Å². The van der Waals surface area contributed by atoms with Crippen molar-refractivity contribution in [3.63, 3.8) is 0 Å². The molecule has 0 aromatic heterocycles. The second-order valence-electron chi connectivity index (χ2n) is 7.69.